The van der Waals surface area contributed by atoms with Gasteiger partial charge in [-0.1, -0.05) is 0 Å². The highest BCUT2D eigenvalue weighted by Crippen LogP contribution is 2.29. The van der Waals surface area contributed by atoms with E-state index in [4.69, 9.17) is 11.0 Å². The third-order valence-corrected chi connectivity index (χ3v) is 2.50. The number of rotatable bonds is 0. The molecule has 1 aliphatic heterocycles. The number of anilines is 2. The summed E-state index contributed by atoms with van der Waals surface area (Å²) >= 11 is 0. The van der Waals surface area contributed by atoms with Gasteiger partial charge in [0.2, 0.25) is 5.91 Å². The van der Waals surface area contributed by atoms with Crippen molar-refractivity contribution in [2.75, 3.05) is 10.6 Å². The molecule has 0 unspecified atom stereocenters. The molecule has 0 saturated carbocycles. The average Bonchev–Trinajstić information content (AvgIpc) is 2.28. The number of imide groups is 1. The summed E-state index contributed by atoms with van der Waals surface area (Å²) in [7, 11) is 0. The van der Waals surface area contributed by atoms with Crippen LogP contribution >= 0.6 is 0 Å². The fourth-order valence-electron chi connectivity index (χ4n) is 1.78. The van der Waals surface area contributed by atoms with Gasteiger partial charge in [-0.05, 0) is 30.2 Å². The zero-order chi connectivity index (χ0) is 11.7. The van der Waals surface area contributed by atoms with Crippen molar-refractivity contribution in [3.8, 4) is 6.07 Å². The van der Waals surface area contributed by atoms with E-state index in [1.54, 1.807) is 18.2 Å². The van der Waals surface area contributed by atoms with Gasteiger partial charge in [0.25, 0.3) is 0 Å². The van der Waals surface area contributed by atoms with E-state index in [1.165, 1.54) is 6.07 Å². The van der Waals surface area contributed by atoms with Crippen molar-refractivity contribution in [2.24, 2.45) is 0 Å². The lowest BCUT2D eigenvalue weighted by Gasteiger charge is -2.25. The Kier molecular flexibility index (Phi) is 2.33. The molecular formula is C11H9N3O2. The second kappa shape index (κ2) is 3.66. The summed E-state index contributed by atoms with van der Waals surface area (Å²) in [4.78, 5) is 23.8. The standard InChI is InChI=1S/C11H9N3O2/c12-6-11(16)14-9-3-2-8(13)5-7(9)1-4-10(14)15/h2-3,5H,1,4,13H2. The minimum absolute atomic E-state index is 0.226. The number of carbonyl (C=O) groups is 2. The second-order valence-corrected chi connectivity index (χ2v) is 3.53. The van der Waals surface area contributed by atoms with E-state index >= 15 is 0 Å². The van der Waals surface area contributed by atoms with Crippen molar-refractivity contribution in [3.05, 3.63) is 23.8 Å². The number of nitrogens with two attached hydrogens (primary N) is 1. The van der Waals surface area contributed by atoms with Crippen molar-refractivity contribution >= 4 is 23.2 Å². The summed E-state index contributed by atoms with van der Waals surface area (Å²) in [5, 5.41) is 8.57. The van der Waals surface area contributed by atoms with Gasteiger partial charge in [0.1, 0.15) is 0 Å². The summed E-state index contributed by atoms with van der Waals surface area (Å²) in [5.41, 5.74) is 7.49. The minimum Gasteiger partial charge on any atom is -0.399 e. The van der Waals surface area contributed by atoms with Crippen molar-refractivity contribution in [1.29, 1.82) is 5.26 Å². The van der Waals surface area contributed by atoms with Crippen LogP contribution in [0.5, 0.6) is 0 Å². The molecule has 16 heavy (non-hydrogen) atoms. The smallest absolute Gasteiger partial charge is 0.336 e. The molecule has 0 atom stereocenters. The molecule has 2 N–H and O–H groups in total. The number of fused-ring (bicyclic) bond motifs is 1. The molecule has 5 nitrogen and oxygen atoms in total. The zero-order valence-corrected chi connectivity index (χ0v) is 8.43. The van der Waals surface area contributed by atoms with Gasteiger partial charge < -0.3 is 5.73 Å². The number of hydrogen-bond donors (Lipinski definition) is 1. The van der Waals surface area contributed by atoms with Crippen LogP contribution in [0.3, 0.4) is 0 Å². The Hall–Kier alpha value is -2.35. The van der Waals surface area contributed by atoms with Gasteiger partial charge in [-0.3, -0.25) is 9.59 Å². The van der Waals surface area contributed by atoms with E-state index < -0.39 is 5.91 Å². The van der Waals surface area contributed by atoms with E-state index in [2.05, 4.69) is 0 Å². The summed E-state index contributed by atoms with van der Waals surface area (Å²) in [6, 6.07) is 6.38. The quantitative estimate of drug-likeness (QED) is 0.507. The number of nitrogen functional groups attached to an aromatic ring is 1. The number of aryl methyl sites for hydroxylation is 1. The molecule has 1 aliphatic rings. The monoisotopic (exact) mass is 215 g/mol. The van der Waals surface area contributed by atoms with Crippen molar-refractivity contribution < 1.29 is 9.59 Å². The first-order valence-electron chi connectivity index (χ1n) is 4.79. The number of nitrogens with zero attached hydrogens (tertiary/aromatic N) is 2. The predicted octanol–water partition coefficient (Wildman–Crippen LogP) is 0.598. The minimum atomic E-state index is -0.851. The van der Waals surface area contributed by atoms with Crippen LogP contribution in [0.4, 0.5) is 11.4 Å². The third-order valence-electron chi connectivity index (χ3n) is 2.50. The van der Waals surface area contributed by atoms with Gasteiger partial charge in [0, 0.05) is 12.1 Å². The maximum absolute atomic E-state index is 11.6. The molecule has 80 valence electrons. The first-order chi connectivity index (χ1) is 7.63. The molecule has 1 heterocycles. The van der Waals surface area contributed by atoms with Crippen LogP contribution in [0, 0.1) is 11.3 Å². The fourth-order valence-corrected chi connectivity index (χ4v) is 1.78. The molecule has 0 bridgehead atoms. The maximum Gasteiger partial charge on any atom is 0.336 e. The van der Waals surface area contributed by atoms with Crippen LogP contribution in [0.1, 0.15) is 12.0 Å². The highest BCUT2D eigenvalue weighted by atomic mass is 16.2. The summed E-state index contributed by atoms with van der Waals surface area (Å²) in [5.74, 6) is -1.19. The SMILES string of the molecule is N#CC(=O)N1C(=O)CCc2cc(N)ccc21. The Bertz CT molecular complexity index is 516. The van der Waals surface area contributed by atoms with E-state index in [-0.39, 0.29) is 12.3 Å². The Morgan fingerprint density at radius 1 is 1.44 bits per heavy atom. The van der Waals surface area contributed by atoms with Crippen molar-refractivity contribution in [3.63, 3.8) is 0 Å². The van der Waals surface area contributed by atoms with E-state index in [0.717, 1.165) is 10.5 Å². The summed E-state index contributed by atoms with van der Waals surface area (Å²) < 4.78 is 0. The molecular weight excluding hydrogens is 206 g/mol. The van der Waals surface area contributed by atoms with Crippen LogP contribution in [-0.2, 0) is 16.0 Å². The molecule has 5 heteroatoms. The van der Waals surface area contributed by atoms with Crippen molar-refractivity contribution in [2.45, 2.75) is 12.8 Å². The lowest BCUT2D eigenvalue weighted by Crippen LogP contribution is -2.39. The van der Waals surface area contributed by atoms with Crippen LogP contribution in [0.15, 0.2) is 18.2 Å². The number of nitriles is 1. The fraction of sp³-hybridized carbons (Fsp3) is 0.182. The lowest BCUT2D eigenvalue weighted by atomic mass is 10.0. The van der Waals surface area contributed by atoms with Gasteiger partial charge in [-0.25, -0.2) is 4.90 Å². The molecule has 0 aliphatic carbocycles. The Morgan fingerprint density at radius 3 is 2.88 bits per heavy atom. The molecule has 0 radical (unpaired) electrons. The first kappa shape index (κ1) is 10.2. The highest BCUT2D eigenvalue weighted by Gasteiger charge is 2.29. The molecule has 0 aromatic heterocycles. The van der Waals surface area contributed by atoms with E-state index in [0.29, 0.717) is 17.8 Å². The van der Waals surface area contributed by atoms with Crippen molar-refractivity contribution in [1.82, 2.24) is 0 Å². The van der Waals surface area contributed by atoms with Gasteiger partial charge >= 0.3 is 5.91 Å². The lowest BCUT2D eigenvalue weighted by molar-refractivity contribution is -0.124. The van der Waals surface area contributed by atoms with Gasteiger partial charge in [0.05, 0.1) is 5.69 Å². The van der Waals surface area contributed by atoms with E-state index in [1.807, 2.05) is 0 Å². The molecule has 1 aromatic carbocycles. The predicted molar refractivity (Wildman–Crippen MR) is 57.3 cm³/mol. The Morgan fingerprint density at radius 2 is 2.19 bits per heavy atom. The topological polar surface area (TPSA) is 87.2 Å². The second-order valence-electron chi connectivity index (χ2n) is 3.53. The number of amides is 2. The summed E-state index contributed by atoms with van der Waals surface area (Å²) in [6.07, 6.45) is 0.776. The molecule has 0 spiro atoms. The van der Waals surface area contributed by atoms with Crippen LogP contribution < -0.4 is 10.6 Å². The van der Waals surface area contributed by atoms with Gasteiger partial charge in [-0.2, -0.15) is 5.26 Å². The number of carbonyl (C=O) groups excluding carboxylic acids is 2. The molecule has 2 rings (SSSR count). The largest absolute Gasteiger partial charge is 0.399 e. The van der Waals surface area contributed by atoms with Crippen LogP contribution in [-0.4, -0.2) is 11.8 Å². The number of hydrogen-bond acceptors (Lipinski definition) is 4. The zero-order valence-electron chi connectivity index (χ0n) is 8.43. The van der Waals surface area contributed by atoms with Gasteiger partial charge in [0.15, 0.2) is 6.07 Å². The van der Waals surface area contributed by atoms with E-state index in [9.17, 15) is 9.59 Å². The molecule has 0 saturated heterocycles. The normalized spacial score (nSPS) is 14.2. The first-order valence-corrected chi connectivity index (χ1v) is 4.79. The Balaban J connectivity index is 2.53. The summed E-state index contributed by atoms with van der Waals surface area (Å²) in [6.45, 7) is 0. The van der Waals surface area contributed by atoms with Crippen LogP contribution in [0.2, 0.25) is 0 Å². The number of benzene rings is 1. The molecule has 0 fully saturated rings. The van der Waals surface area contributed by atoms with Gasteiger partial charge in [-0.15, -0.1) is 0 Å². The molecule has 2 amide bonds. The highest BCUT2D eigenvalue weighted by molar-refractivity contribution is 6.21. The Labute approximate surface area is 92.1 Å². The van der Waals surface area contributed by atoms with Crippen LogP contribution in [0.25, 0.3) is 0 Å². The average molecular weight is 215 g/mol. The molecule has 1 aromatic rings. The third kappa shape index (κ3) is 1.50. The maximum atomic E-state index is 11.6.